The van der Waals surface area contributed by atoms with Gasteiger partial charge in [-0.05, 0) is 67.9 Å². The Labute approximate surface area is 215 Å². The van der Waals surface area contributed by atoms with E-state index in [0.717, 1.165) is 91.5 Å². The lowest BCUT2D eigenvalue weighted by atomic mass is 10.2. The predicted molar refractivity (Wildman–Crippen MR) is 149 cm³/mol. The predicted octanol–water partition coefficient (Wildman–Crippen LogP) is 7.19. The fourth-order valence-electron chi connectivity index (χ4n) is 4.41. The minimum Gasteiger partial charge on any atom is -0.493 e. The van der Waals surface area contributed by atoms with Crippen LogP contribution in [0.25, 0.3) is 22.4 Å². The number of hydrogen-bond acceptors (Lipinski definition) is 4. The molecule has 0 atom stereocenters. The molecule has 1 aromatic heterocycles. The first-order chi connectivity index (χ1) is 17.7. The smallest absolute Gasteiger partial charge is 0.141 e. The van der Waals surface area contributed by atoms with Gasteiger partial charge >= 0.3 is 0 Å². The average Bonchev–Trinajstić information content (AvgIpc) is 3.29. The Bertz CT molecular complexity index is 1200. The number of imidazole rings is 1. The van der Waals surface area contributed by atoms with Crippen molar-refractivity contribution in [1.82, 2.24) is 14.5 Å². The van der Waals surface area contributed by atoms with Crippen molar-refractivity contribution in [2.24, 2.45) is 0 Å². The molecule has 0 N–H and O–H groups in total. The first kappa shape index (κ1) is 25.8. The van der Waals surface area contributed by atoms with Gasteiger partial charge in [-0.15, -0.1) is 0 Å². The third-order valence-electron chi connectivity index (χ3n) is 6.60. The van der Waals surface area contributed by atoms with Gasteiger partial charge in [-0.25, -0.2) is 4.98 Å². The zero-order valence-electron chi connectivity index (χ0n) is 22.0. The SMILES string of the molecule is CCCCn1c(-c2ccc(OCc3ccccc3)cc2)nc2ccc(OCCCN(CC)CC)cc21. The van der Waals surface area contributed by atoms with Crippen LogP contribution in [0.4, 0.5) is 0 Å². The third-order valence-corrected chi connectivity index (χ3v) is 6.60. The minimum atomic E-state index is 0.562. The molecule has 0 amide bonds. The Hall–Kier alpha value is -3.31. The van der Waals surface area contributed by atoms with E-state index in [2.05, 4.69) is 66.6 Å². The quantitative estimate of drug-likeness (QED) is 0.177. The minimum absolute atomic E-state index is 0.562. The summed E-state index contributed by atoms with van der Waals surface area (Å²) in [6.45, 7) is 12.1. The average molecular weight is 486 g/mol. The maximum Gasteiger partial charge on any atom is 0.141 e. The second-order valence-corrected chi connectivity index (χ2v) is 9.12. The first-order valence-corrected chi connectivity index (χ1v) is 13.3. The summed E-state index contributed by atoms with van der Waals surface area (Å²) in [7, 11) is 0. The lowest BCUT2D eigenvalue weighted by molar-refractivity contribution is 0.249. The van der Waals surface area contributed by atoms with Gasteiger partial charge in [0, 0.05) is 24.7 Å². The number of fused-ring (bicyclic) bond motifs is 1. The Morgan fingerprint density at radius 2 is 1.56 bits per heavy atom. The van der Waals surface area contributed by atoms with Crippen LogP contribution in [0, 0.1) is 0 Å². The number of nitrogens with zero attached hydrogens (tertiary/aromatic N) is 3. The van der Waals surface area contributed by atoms with Crippen LogP contribution in [-0.2, 0) is 13.2 Å². The fraction of sp³-hybridized carbons (Fsp3) is 0.387. The molecule has 0 aliphatic carbocycles. The number of benzene rings is 3. The molecule has 0 fully saturated rings. The van der Waals surface area contributed by atoms with Crippen LogP contribution in [0.2, 0.25) is 0 Å². The van der Waals surface area contributed by atoms with E-state index in [1.807, 2.05) is 36.4 Å². The molecular formula is C31H39N3O2. The standard InChI is InChI=1S/C31H39N3O2/c1-4-7-21-34-30-23-28(35-22-11-20-33(5-2)6-3)18-19-29(30)32-31(34)26-14-16-27(17-15-26)36-24-25-12-9-8-10-13-25/h8-10,12-19,23H,4-7,11,20-22,24H2,1-3H3. The molecule has 5 heteroatoms. The molecule has 0 aliphatic heterocycles. The highest BCUT2D eigenvalue weighted by molar-refractivity contribution is 5.82. The topological polar surface area (TPSA) is 39.5 Å². The number of aromatic nitrogens is 2. The van der Waals surface area contributed by atoms with Crippen LogP contribution >= 0.6 is 0 Å². The second kappa shape index (κ2) is 13.1. The first-order valence-electron chi connectivity index (χ1n) is 13.3. The Morgan fingerprint density at radius 1 is 0.806 bits per heavy atom. The van der Waals surface area contributed by atoms with Crippen LogP contribution in [0.1, 0.15) is 45.6 Å². The van der Waals surface area contributed by atoms with Gasteiger partial charge < -0.3 is 18.9 Å². The van der Waals surface area contributed by atoms with Crippen molar-refractivity contribution >= 4 is 11.0 Å². The molecule has 0 aliphatic rings. The van der Waals surface area contributed by atoms with Crippen LogP contribution in [0.15, 0.2) is 72.8 Å². The molecule has 4 aromatic rings. The van der Waals surface area contributed by atoms with E-state index in [4.69, 9.17) is 14.5 Å². The van der Waals surface area contributed by atoms with Crippen molar-refractivity contribution in [2.75, 3.05) is 26.2 Å². The Kier molecular flexibility index (Phi) is 9.40. The van der Waals surface area contributed by atoms with E-state index < -0.39 is 0 Å². The van der Waals surface area contributed by atoms with Crippen LogP contribution < -0.4 is 9.47 Å². The van der Waals surface area contributed by atoms with E-state index in [1.54, 1.807) is 0 Å². The molecule has 0 saturated carbocycles. The molecular weight excluding hydrogens is 446 g/mol. The van der Waals surface area contributed by atoms with Crippen molar-refractivity contribution in [3.8, 4) is 22.9 Å². The summed E-state index contributed by atoms with van der Waals surface area (Å²) in [6.07, 6.45) is 3.26. The lowest BCUT2D eigenvalue weighted by Gasteiger charge is -2.17. The van der Waals surface area contributed by atoms with Gasteiger partial charge in [0.05, 0.1) is 17.6 Å². The molecule has 0 radical (unpaired) electrons. The van der Waals surface area contributed by atoms with E-state index in [9.17, 15) is 0 Å². The maximum atomic E-state index is 6.12. The molecule has 0 saturated heterocycles. The molecule has 4 rings (SSSR count). The summed E-state index contributed by atoms with van der Waals surface area (Å²) in [5.41, 5.74) is 4.38. The van der Waals surface area contributed by atoms with E-state index in [1.165, 1.54) is 0 Å². The Balaban J connectivity index is 1.49. The van der Waals surface area contributed by atoms with Gasteiger partial charge in [-0.1, -0.05) is 57.5 Å². The zero-order valence-corrected chi connectivity index (χ0v) is 22.0. The normalized spacial score (nSPS) is 11.3. The van der Waals surface area contributed by atoms with E-state index in [0.29, 0.717) is 6.61 Å². The van der Waals surface area contributed by atoms with Crippen LogP contribution in [0.3, 0.4) is 0 Å². The zero-order chi connectivity index (χ0) is 25.2. The van der Waals surface area contributed by atoms with Gasteiger partial charge in [0.1, 0.15) is 23.9 Å². The highest BCUT2D eigenvalue weighted by Crippen LogP contribution is 2.29. The molecule has 0 spiro atoms. The summed E-state index contributed by atoms with van der Waals surface area (Å²) >= 11 is 0. The van der Waals surface area contributed by atoms with Gasteiger partial charge in [0.25, 0.3) is 0 Å². The van der Waals surface area contributed by atoms with E-state index in [-0.39, 0.29) is 0 Å². The number of rotatable bonds is 14. The molecule has 1 heterocycles. The van der Waals surface area contributed by atoms with Gasteiger partial charge in [0.15, 0.2) is 0 Å². The van der Waals surface area contributed by atoms with Crippen molar-refractivity contribution < 1.29 is 9.47 Å². The molecule has 0 unspecified atom stereocenters. The molecule has 0 bridgehead atoms. The summed E-state index contributed by atoms with van der Waals surface area (Å²) < 4.78 is 14.4. The van der Waals surface area contributed by atoms with Crippen LogP contribution in [-0.4, -0.2) is 40.7 Å². The highest BCUT2D eigenvalue weighted by atomic mass is 16.5. The van der Waals surface area contributed by atoms with Gasteiger partial charge in [-0.2, -0.15) is 0 Å². The van der Waals surface area contributed by atoms with Gasteiger partial charge in [-0.3, -0.25) is 0 Å². The summed E-state index contributed by atoms with van der Waals surface area (Å²) in [5, 5.41) is 0. The summed E-state index contributed by atoms with van der Waals surface area (Å²) in [4.78, 5) is 7.43. The monoisotopic (exact) mass is 485 g/mol. The lowest BCUT2D eigenvalue weighted by Crippen LogP contribution is -2.25. The van der Waals surface area contributed by atoms with Crippen LogP contribution in [0.5, 0.6) is 11.5 Å². The number of unbranched alkanes of at least 4 members (excludes halogenated alkanes) is 1. The maximum absolute atomic E-state index is 6.12. The molecule has 190 valence electrons. The molecule has 36 heavy (non-hydrogen) atoms. The number of aryl methyl sites for hydroxylation is 1. The van der Waals surface area contributed by atoms with Crippen molar-refractivity contribution in [3.63, 3.8) is 0 Å². The largest absolute Gasteiger partial charge is 0.493 e. The third kappa shape index (κ3) is 6.67. The van der Waals surface area contributed by atoms with Crippen molar-refractivity contribution in [2.45, 2.75) is 53.2 Å². The molecule has 5 nitrogen and oxygen atoms in total. The van der Waals surface area contributed by atoms with Crippen molar-refractivity contribution in [1.29, 1.82) is 0 Å². The van der Waals surface area contributed by atoms with E-state index >= 15 is 0 Å². The van der Waals surface area contributed by atoms with Crippen molar-refractivity contribution in [3.05, 3.63) is 78.4 Å². The second-order valence-electron chi connectivity index (χ2n) is 9.12. The summed E-state index contributed by atoms with van der Waals surface area (Å²) in [6, 6.07) is 24.8. The molecule has 3 aromatic carbocycles. The van der Waals surface area contributed by atoms with Gasteiger partial charge in [0.2, 0.25) is 0 Å². The Morgan fingerprint density at radius 3 is 2.28 bits per heavy atom. The number of hydrogen-bond donors (Lipinski definition) is 0. The summed E-state index contributed by atoms with van der Waals surface area (Å²) in [5.74, 6) is 2.77. The number of ether oxygens (including phenoxy) is 2. The highest BCUT2D eigenvalue weighted by Gasteiger charge is 2.14. The fourth-order valence-corrected chi connectivity index (χ4v) is 4.41.